The predicted octanol–water partition coefficient (Wildman–Crippen LogP) is 0.684. The molecule has 0 aromatic carbocycles. The summed E-state index contributed by atoms with van der Waals surface area (Å²) in [5, 5.41) is 9.00. The van der Waals surface area contributed by atoms with Gasteiger partial charge in [-0.1, -0.05) is 0 Å². The van der Waals surface area contributed by atoms with Crippen molar-refractivity contribution in [2.45, 2.75) is 30.6 Å². The molecule has 4 heteroatoms. The van der Waals surface area contributed by atoms with Gasteiger partial charge in [-0.15, -0.1) is 0 Å². The smallest absolute Gasteiger partial charge is 0.320 e. The molecule has 0 radical (unpaired) electrons. The molecule has 1 saturated heterocycles. The second-order valence-electron chi connectivity index (χ2n) is 2.82. The number of hydrogen-bond acceptors (Lipinski definition) is 3. The fourth-order valence-corrected chi connectivity index (χ4v) is 2.56. The molecule has 0 bridgehead atoms. The largest absolute Gasteiger partial charge is 0.480 e. The number of carboxylic acid groups (broad SMARTS) is 1. The average molecular weight is 175 g/mol. The molecule has 1 rings (SSSR count). The number of aliphatic carboxylic acids is 1. The second-order valence-corrected chi connectivity index (χ2v) is 4.22. The van der Waals surface area contributed by atoms with Crippen molar-refractivity contribution >= 4 is 17.7 Å². The number of hydrogen-bond donors (Lipinski definition) is 2. The van der Waals surface area contributed by atoms with E-state index in [2.05, 4.69) is 0 Å². The number of nitrogens with two attached hydrogens (primary N) is 1. The summed E-state index contributed by atoms with van der Waals surface area (Å²) < 4.78 is 0. The van der Waals surface area contributed by atoms with Crippen molar-refractivity contribution in [1.29, 1.82) is 0 Å². The molecule has 3 N–H and O–H groups in total. The summed E-state index contributed by atoms with van der Waals surface area (Å²) in [5.41, 5.74) is 5.38. The predicted molar refractivity (Wildman–Crippen MR) is 45.7 cm³/mol. The van der Waals surface area contributed by atoms with E-state index in [4.69, 9.17) is 10.8 Å². The minimum atomic E-state index is -0.877. The topological polar surface area (TPSA) is 63.3 Å². The van der Waals surface area contributed by atoms with Crippen molar-refractivity contribution in [3.05, 3.63) is 0 Å². The van der Waals surface area contributed by atoms with Gasteiger partial charge in [0.2, 0.25) is 0 Å². The molecule has 0 amide bonds. The highest BCUT2D eigenvalue weighted by atomic mass is 32.2. The third kappa shape index (κ3) is 2.71. The van der Waals surface area contributed by atoms with E-state index in [1.165, 1.54) is 6.42 Å². The summed E-state index contributed by atoms with van der Waals surface area (Å²) in [5.74, 6) is 0.286. The van der Waals surface area contributed by atoms with Crippen LogP contribution in [0.3, 0.4) is 0 Å². The molecule has 1 unspecified atom stereocenters. The summed E-state index contributed by atoms with van der Waals surface area (Å²) in [4.78, 5) is 10.4. The van der Waals surface area contributed by atoms with Gasteiger partial charge in [-0.3, -0.25) is 4.79 Å². The van der Waals surface area contributed by atoms with Crippen molar-refractivity contribution < 1.29 is 9.90 Å². The van der Waals surface area contributed by atoms with Gasteiger partial charge in [0.1, 0.15) is 6.04 Å². The standard InChI is InChI=1S/C7H13NO2S/c8-6(7(9)10)4-5-2-1-3-11-5/h5-6H,1-4,8H2,(H,9,10)/t5?,6-/m0/s1. The third-order valence-electron chi connectivity index (χ3n) is 1.86. The Hall–Kier alpha value is -0.220. The SMILES string of the molecule is N[C@@H](CC1CCCS1)C(=O)O. The van der Waals surface area contributed by atoms with Crippen LogP contribution in [0.15, 0.2) is 0 Å². The first kappa shape index (κ1) is 8.87. The van der Waals surface area contributed by atoms with E-state index in [0.717, 1.165) is 12.2 Å². The molecule has 0 aromatic heterocycles. The van der Waals surface area contributed by atoms with Gasteiger partial charge in [0, 0.05) is 5.25 Å². The van der Waals surface area contributed by atoms with Gasteiger partial charge in [0.25, 0.3) is 0 Å². The van der Waals surface area contributed by atoms with Gasteiger partial charge in [-0.05, 0) is 25.0 Å². The molecule has 2 atom stereocenters. The molecular weight excluding hydrogens is 162 g/mol. The molecule has 1 aliphatic heterocycles. The van der Waals surface area contributed by atoms with E-state index in [1.54, 1.807) is 0 Å². The Labute approximate surface area is 70.3 Å². The van der Waals surface area contributed by atoms with E-state index >= 15 is 0 Å². The highest BCUT2D eigenvalue weighted by Gasteiger charge is 2.21. The first-order valence-corrected chi connectivity index (χ1v) is 4.85. The molecule has 11 heavy (non-hydrogen) atoms. The lowest BCUT2D eigenvalue weighted by Crippen LogP contribution is -2.32. The van der Waals surface area contributed by atoms with E-state index < -0.39 is 12.0 Å². The fourth-order valence-electron chi connectivity index (χ4n) is 1.21. The van der Waals surface area contributed by atoms with Crippen LogP contribution in [0.5, 0.6) is 0 Å². The van der Waals surface area contributed by atoms with E-state index in [-0.39, 0.29) is 0 Å². The lowest BCUT2D eigenvalue weighted by Gasteiger charge is -2.10. The van der Waals surface area contributed by atoms with E-state index in [0.29, 0.717) is 11.7 Å². The quantitative estimate of drug-likeness (QED) is 0.662. The Morgan fingerprint density at radius 3 is 3.00 bits per heavy atom. The van der Waals surface area contributed by atoms with Gasteiger partial charge < -0.3 is 10.8 Å². The summed E-state index contributed by atoms with van der Waals surface area (Å²) in [6.45, 7) is 0. The summed E-state index contributed by atoms with van der Waals surface area (Å²) in [6.07, 6.45) is 2.97. The molecule has 0 saturated carbocycles. The lowest BCUT2D eigenvalue weighted by molar-refractivity contribution is -0.138. The van der Waals surface area contributed by atoms with Crippen LogP contribution >= 0.6 is 11.8 Å². The first-order valence-electron chi connectivity index (χ1n) is 3.80. The highest BCUT2D eigenvalue weighted by molar-refractivity contribution is 8.00. The lowest BCUT2D eigenvalue weighted by atomic mass is 10.1. The summed E-state index contributed by atoms with van der Waals surface area (Å²) >= 11 is 1.84. The molecular formula is C7H13NO2S. The van der Waals surface area contributed by atoms with Crippen LogP contribution in [0.2, 0.25) is 0 Å². The van der Waals surface area contributed by atoms with Crippen LogP contribution in [-0.4, -0.2) is 28.1 Å². The number of carboxylic acids is 1. The molecule has 3 nitrogen and oxygen atoms in total. The van der Waals surface area contributed by atoms with Crippen molar-refractivity contribution in [3.8, 4) is 0 Å². The van der Waals surface area contributed by atoms with Crippen molar-refractivity contribution in [3.63, 3.8) is 0 Å². The zero-order chi connectivity index (χ0) is 8.27. The molecule has 1 heterocycles. The van der Waals surface area contributed by atoms with Gasteiger partial charge in [0.15, 0.2) is 0 Å². The third-order valence-corrected chi connectivity index (χ3v) is 3.28. The van der Waals surface area contributed by atoms with Crippen molar-refractivity contribution in [1.82, 2.24) is 0 Å². The Balaban J connectivity index is 2.23. The van der Waals surface area contributed by atoms with Gasteiger partial charge in [-0.25, -0.2) is 0 Å². The van der Waals surface area contributed by atoms with Gasteiger partial charge in [-0.2, -0.15) is 11.8 Å². The Bertz CT molecular complexity index is 145. The monoisotopic (exact) mass is 175 g/mol. The van der Waals surface area contributed by atoms with Crippen LogP contribution in [0.4, 0.5) is 0 Å². The maximum Gasteiger partial charge on any atom is 0.320 e. The van der Waals surface area contributed by atoms with Gasteiger partial charge in [0.05, 0.1) is 0 Å². The zero-order valence-electron chi connectivity index (χ0n) is 6.32. The normalized spacial score (nSPS) is 26.8. The van der Waals surface area contributed by atoms with Crippen LogP contribution in [0.1, 0.15) is 19.3 Å². The molecule has 1 aliphatic rings. The average Bonchev–Trinajstić information content (AvgIpc) is 2.39. The molecule has 0 aliphatic carbocycles. The van der Waals surface area contributed by atoms with Crippen molar-refractivity contribution in [2.24, 2.45) is 5.73 Å². The van der Waals surface area contributed by atoms with Gasteiger partial charge >= 0.3 is 5.97 Å². The van der Waals surface area contributed by atoms with Crippen LogP contribution < -0.4 is 5.73 Å². The number of carbonyl (C=O) groups is 1. The second kappa shape index (κ2) is 3.97. The van der Waals surface area contributed by atoms with Crippen molar-refractivity contribution in [2.75, 3.05) is 5.75 Å². The number of thioether (sulfide) groups is 1. The molecule has 0 spiro atoms. The Kier molecular flexibility index (Phi) is 3.20. The van der Waals surface area contributed by atoms with E-state index in [9.17, 15) is 4.79 Å². The van der Waals surface area contributed by atoms with Crippen LogP contribution in [0, 0.1) is 0 Å². The Morgan fingerprint density at radius 2 is 2.55 bits per heavy atom. The fraction of sp³-hybridized carbons (Fsp3) is 0.857. The molecule has 1 fully saturated rings. The van der Waals surface area contributed by atoms with E-state index in [1.807, 2.05) is 11.8 Å². The zero-order valence-corrected chi connectivity index (χ0v) is 7.14. The van der Waals surface area contributed by atoms with Crippen LogP contribution in [-0.2, 0) is 4.79 Å². The van der Waals surface area contributed by atoms with Crippen LogP contribution in [0.25, 0.3) is 0 Å². The Morgan fingerprint density at radius 1 is 1.82 bits per heavy atom. The highest BCUT2D eigenvalue weighted by Crippen LogP contribution is 2.29. The summed E-state index contributed by atoms with van der Waals surface area (Å²) in [7, 11) is 0. The first-order chi connectivity index (χ1) is 5.20. The minimum Gasteiger partial charge on any atom is -0.480 e. The maximum atomic E-state index is 10.4. The summed E-state index contributed by atoms with van der Waals surface area (Å²) in [6, 6.07) is -0.661. The maximum absolute atomic E-state index is 10.4. The molecule has 64 valence electrons. The number of rotatable bonds is 3. The molecule has 0 aromatic rings. The minimum absolute atomic E-state index is 0.487.